The third-order valence-electron chi connectivity index (χ3n) is 2.30. The van der Waals surface area contributed by atoms with Gasteiger partial charge < -0.3 is 20.1 Å². The number of anilines is 1. The van der Waals surface area contributed by atoms with E-state index in [1.54, 1.807) is 18.2 Å². The Kier molecular flexibility index (Phi) is 5.87. The molecule has 0 aliphatic rings. The number of methoxy groups -OCH3 is 1. The molecule has 0 bridgehead atoms. The second-order valence-electron chi connectivity index (χ2n) is 3.73. The normalized spacial score (nSPS) is 9.45. The van der Waals surface area contributed by atoms with Gasteiger partial charge >= 0.3 is 12.0 Å². The molecule has 2 amide bonds. The Bertz CT molecular complexity index is 554. The Morgan fingerprint density at radius 1 is 1.55 bits per heavy atom. The summed E-state index contributed by atoms with van der Waals surface area (Å²) in [6.45, 7) is -0.560. The highest BCUT2D eigenvalue weighted by Gasteiger charge is 2.16. The van der Waals surface area contributed by atoms with E-state index in [0.717, 1.165) is 9.37 Å². The number of halogens is 1. The molecule has 0 saturated heterocycles. The zero-order valence-electron chi connectivity index (χ0n) is 10.7. The van der Waals surface area contributed by atoms with Gasteiger partial charge in [0.1, 0.15) is 12.3 Å². The quantitative estimate of drug-likeness (QED) is 0.803. The first-order valence-corrected chi connectivity index (χ1v) is 6.32. The fourth-order valence-electron chi connectivity index (χ4n) is 1.41. The van der Waals surface area contributed by atoms with Crippen LogP contribution in [0, 0.1) is 12.3 Å². The number of carbonyl (C=O) groups excluding carboxylic acids is 1. The molecule has 20 heavy (non-hydrogen) atoms. The maximum absolute atomic E-state index is 11.9. The van der Waals surface area contributed by atoms with E-state index in [-0.39, 0.29) is 6.54 Å². The van der Waals surface area contributed by atoms with E-state index in [4.69, 9.17) is 16.3 Å². The molecule has 1 aromatic rings. The van der Waals surface area contributed by atoms with Crippen LogP contribution in [-0.2, 0) is 4.79 Å². The van der Waals surface area contributed by atoms with Gasteiger partial charge in [-0.1, -0.05) is 5.92 Å². The van der Waals surface area contributed by atoms with Crippen molar-refractivity contribution in [2.24, 2.45) is 0 Å². The van der Waals surface area contributed by atoms with Gasteiger partial charge in [0.05, 0.1) is 18.1 Å². The maximum Gasteiger partial charge on any atom is 0.323 e. The van der Waals surface area contributed by atoms with Crippen LogP contribution >= 0.6 is 15.9 Å². The molecule has 6 nitrogen and oxygen atoms in total. The molecular formula is C13H13BrN2O4. The number of urea groups is 1. The summed E-state index contributed by atoms with van der Waals surface area (Å²) in [5.41, 5.74) is 0.475. The highest BCUT2D eigenvalue weighted by atomic mass is 79.9. The molecule has 0 fully saturated rings. The lowest BCUT2D eigenvalue weighted by atomic mass is 10.3. The van der Waals surface area contributed by atoms with Gasteiger partial charge in [-0.25, -0.2) is 4.79 Å². The standard InChI is InChI=1S/C13H13BrN2O4/c1-3-6-16(8-12(17)18)13(19)15-9-4-5-10(14)11(7-9)20-2/h1,4-5,7H,6,8H2,2H3,(H,15,19)(H,17,18). The third kappa shape index (κ3) is 4.48. The smallest absolute Gasteiger partial charge is 0.323 e. The number of carboxylic acid groups (broad SMARTS) is 1. The first kappa shape index (κ1) is 15.9. The molecule has 7 heteroatoms. The SMILES string of the molecule is C#CCN(CC(=O)O)C(=O)Nc1ccc(Br)c(OC)c1. The summed E-state index contributed by atoms with van der Waals surface area (Å²) in [6, 6.07) is 4.38. The van der Waals surface area contributed by atoms with Crippen molar-refractivity contribution in [3.05, 3.63) is 22.7 Å². The fourth-order valence-corrected chi connectivity index (χ4v) is 1.82. The van der Waals surface area contributed by atoms with Crippen molar-refractivity contribution in [1.29, 1.82) is 0 Å². The Hall–Kier alpha value is -2.20. The van der Waals surface area contributed by atoms with Crippen molar-refractivity contribution in [1.82, 2.24) is 4.90 Å². The summed E-state index contributed by atoms with van der Waals surface area (Å²) in [5, 5.41) is 11.3. The van der Waals surface area contributed by atoms with Crippen LogP contribution in [-0.4, -0.2) is 42.2 Å². The molecule has 0 heterocycles. The zero-order chi connectivity index (χ0) is 15.1. The van der Waals surface area contributed by atoms with E-state index in [9.17, 15) is 9.59 Å². The highest BCUT2D eigenvalue weighted by molar-refractivity contribution is 9.10. The van der Waals surface area contributed by atoms with Crippen LogP contribution in [0.5, 0.6) is 5.75 Å². The number of nitrogens with zero attached hydrogens (tertiary/aromatic N) is 1. The van der Waals surface area contributed by atoms with Crippen molar-refractivity contribution in [3.63, 3.8) is 0 Å². The van der Waals surface area contributed by atoms with Crippen molar-refractivity contribution in [2.75, 3.05) is 25.5 Å². The van der Waals surface area contributed by atoms with E-state index >= 15 is 0 Å². The predicted molar refractivity (Wildman–Crippen MR) is 77.8 cm³/mol. The van der Waals surface area contributed by atoms with Gasteiger partial charge in [0.2, 0.25) is 0 Å². The number of carbonyl (C=O) groups is 2. The summed E-state index contributed by atoms with van der Waals surface area (Å²) < 4.78 is 5.84. The van der Waals surface area contributed by atoms with Gasteiger partial charge in [0, 0.05) is 11.8 Å². The van der Waals surface area contributed by atoms with Crippen LogP contribution in [0.2, 0.25) is 0 Å². The van der Waals surface area contributed by atoms with Crippen LogP contribution in [0.1, 0.15) is 0 Å². The number of carboxylic acids is 1. The molecule has 0 aliphatic heterocycles. The lowest BCUT2D eigenvalue weighted by Crippen LogP contribution is -2.39. The zero-order valence-corrected chi connectivity index (χ0v) is 12.3. The second-order valence-corrected chi connectivity index (χ2v) is 4.59. The minimum Gasteiger partial charge on any atom is -0.495 e. The minimum absolute atomic E-state index is 0.0915. The minimum atomic E-state index is -1.14. The summed E-state index contributed by atoms with van der Waals surface area (Å²) in [4.78, 5) is 23.6. The summed E-state index contributed by atoms with van der Waals surface area (Å²) in [5.74, 6) is 1.65. The van der Waals surface area contributed by atoms with Gasteiger partial charge in [-0.2, -0.15) is 0 Å². The second kappa shape index (κ2) is 7.40. The number of terminal acetylenes is 1. The van der Waals surface area contributed by atoms with Gasteiger partial charge in [0.15, 0.2) is 0 Å². The topological polar surface area (TPSA) is 78.9 Å². The molecular weight excluding hydrogens is 328 g/mol. The highest BCUT2D eigenvalue weighted by Crippen LogP contribution is 2.27. The summed E-state index contributed by atoms with van der Waals surface area (Å²) >= 11 is 3.29. The van der Waals surface area contributed by atoms with E-state index in [1.807, 2.05) is 0 Å². The average molecular weight is 341 g/mol. The molecule has 0 saturated carbocycles. The van der Waals surface area contributed by atoms with Gasteiger partial charge in [-0.15, -0.1) is 6.42 Å². The van der Waals surface area contributed by atoms with Crippen LogP contribution in [0.3, 0.4) is 0 Å². The molecule has 0 unspecified atom stereocenters. The monoisotopic (exact) mass is 340 g/mol. The lowest BCUT2D eigenvalue weighted by molar-refractivity contribution is -0.137. The Morgan fingerprint density at radius 2 is 2.25 bits per heavy atom. The van der Waals surface area contributed by atoms with E-state index in [2.05, 4.69) is 27.2 Å². The maximum atomic E-state index is 11.9. The van der Waals surface area contributed by atoms with Gasteiger partial charge in [0.25, 0.3) is 0 Å². The van der Waals surface area contributed by atoms with Crippen LogP contribution in [0.25, 0.3) is 0 Å². The van der Waals surface area contributed by atoms with Crippen molar-refractivity contribution >= 4 is 33.6 Å². The molecule has 0 spiro atoms. The molecule has 0 radical (unpaired) electrons. The van der Waals surface area contributed by atoms with Crippen molar-refractivity contribution in [3.8, 4) is 18.1 Å². The number of ether oxygens (including phenoxy) is 1. The van der Waals surface area contributed by atoms with E-state index < -0.39 is 18.5 Å². The summed E-state index contributed by atoms with van der Waals surface area (Å²) in [6.07, 6.45) is 5.11. The molecule has 2 N–H and O–H groups in total. The van der Waals surface area contributed by atoms with Crippen molar-refractivity contribution in [2.45, 2.75) is 0 Å². The number of hydrogen-bond donors (Lipinski definition) is 2. The van der Waals surface area contributed by atoms with Crippen LogP contribution in [0.4, 0.5) is 10.5 Å². The van der Waals surface area contributed by atoms with E-state index in [0.29, 0.717) is 11.4 Å². The number of benzene rings is 1. The van der Waals surface area contributed by atoms with Gasteiger partial charge in [-0.3, -0.25) is 4.79 Å². The third-order valence-corrected chi connectivity index (χ3v) is 2.95. The van der Waals surface area contributed by atoms with Crippen LogP contribution < -0.4 is 10.1 Å². The molecule has 1 aromatic carbocycles. The molecule has 106 valence electrons. The Balaban J connectivity index is 2.82. The summed E-state index contributed by atoms with van der Waals surface area (Å²) in [7, 11) is 1.50. The number of aliphatic carboxylic acids is 1. The van der Waals surface area contributed by atoms with E-state index in [1.165, 1.54) is 7.11 Å². The number of amides is 2. The Morgan fingerprint density at radius 3 is 2.80 bits per heavy atom. The molecule has 1 rings (SSSR count). The first-order valence-electron chi connectivity index (χ1n) is 5.52. The number of rotatable bonds is 5. The molecule has 0 aromatic heterocycles. The predicted octanol–water partition coefficient (Wildman–Crippen LogP) is 2.01. The Labute approximate surface area is 124 Å². The average Bonchev–Trinajstić information content (AvgIpc) is 2.40. The van der Waals surface area contributed by atoms with Crippen LogP contribution in [0.15, 0.2) is 22.7 Å². The number of nitrogens with one attached hydrogen (secondary N) is 1. The van der Waals surface area contributed by atoms with Gasteiger partial charge in [-0.05, 0) is 28.1 Å². The first-order chi connectivity index (χ1) is 9.47. The largest absolute Gasteiger partial charge is 0.495 e. The van der Waals surface area contributed by atoms with Crippen molar-refractivity contribution < 1.29 is 19.4 Å². The lowest BCUT2D eigenvalue weighted by Gasteiger charge is -2.18. The molecule has 0 aliphatic carbocycles. The fraction of sp³-hybridized carbons (Fsp3) is 0.231. The molecule has 0 atom stereocenters. The number of hydrogen-bond acceptors (Lipinski definition) is 3.